The van der Waals surface area contributed by atoms with Crippen LogP contribution in [0.5, 0.6) is 11.5 Å². The van der Waals surface area contributed by atoms with Gasteiger partial charge in [-0.1, -0.05) is 138 Å². The Morgan fingerprint density at radius 3 is 1.46 bits per heavy atom. The normalized spacial score (nSPS) is 12.2. The van der Waals surface area contributed by atoms with Crippen molar-refractivity contribution in [2.24, 2.45) is 0 Å². The molecule has 1 rings (SSSR count). The second-order valence-corrected chi connectivity index (χ2v) is 12.5. The number of hydrogen-bond acceptors (Lipinski definition) is 3. The van der Waals surface area contributed by atoms with Gasteiger partial charge in [-0.25, -0.2) is 0 Å². The number of phenolic OH excluding ortho intramolecular Hbond substituents is 1. The summed E-state index contributed by atoms with van der Waals surface area (Å²) in [5.41, 5.74) is 1.30. The Labute approximate surface area is 217 Å². The van der Waals surface area contributed by atoms with Crippen LogP contribution in [0.15, 0.2) is 12.1 Å². The number of esters is 1. The molecular formula is C32H56O3. The summed E-state index contributed by atoms with van der Waals surface area (Å²) in [6.45, 7) is 14.8. The van der Waals surface area contributed by atoms with Crippen LogP contribution in [0.4, 0.5) is 0 Å². The molecule has 0 bridgehead atoms. The van der Waals surface area contributed by atoms with Crippen LogP contribution < -0.4 is 4.74 Å². The first-order valence-corrected chi connectivity index (χ1v) is 14.6. The zero-order valence-corrected chi connectivity index (χ0v) is 24.2. The van der Waals surface area contributed by atoms with E-state index in [2.05, 4.69) is 48.5 Å². The van der Waals surface area contributed by atoms with E-state index in [1.807, 2.05) is 0 Å². The minimum Gasteiger partial charge on any atom is -0.508 e. The number of carbonyl (C=O) groups excluding carboxylic acids is 1. The quantitative estimate of drug-likeness (QED) is 0.135. The predicted octanol–water partition coefficient (Wildman–Crippen LogP) is 10.2. The molecular weight excluding hydrogens is 432 g/mol. The molecule has 0 saturated carbocycles. The van der Waals surface area contributed by atoms with Crippen LogP contribution in [0.25, 0.3) is 0 Å². The molecule has 1 N–H and O–H groups in total. The lowest BCUT2D eigenvalue weighted by Gasteiger charge is -2.32. The zero-order chi connectivity index (χ0) is 26.3. The lowest BCUT2D eigenvalue weighted by molar-refractivity contribution is -0.134. The first-order valence-electron chi connectivity index (χ1n) is 14.6. The standard InChI is InChI=1S/C32H56O3/c1-8-9-10-11-12-13-14-15-16-17-18-19-20-21-22-23-28(34)35-27-25-24-26(33)29(31(2,3)4)30(27)32(5,6)7/h24-25,33H,8-23H2,1-7H3. The molecule has 0 aromatic heterocycles. The molecule has 35 heavy (non-hydrogen) atoms. The van der Waals surface area contributed by atoms with E-state index in [4.69, 9.17) is 4.74 Å². The first-order chi connectivity index (χ1) is 16.5. The highest BCUT2D eigenvalue weighted by atomic mass is 16.5. The van der Waals surface area contributed by atoms with Gasteiger partial charge in [0.15, 0.2) is 0 Å². The average Bonchev–Trinajstić information content (AvgIpc) is 2.75. The summed E-state index contributed by atoms with van der Waals surface area (Å²) in [7, 11) is 0. The third kappa shape index (κ3) is 12.8. The summed E-state index contributed by atoms with van der Waals surface area (Å²) in [6, 6.07) is 3.40. The maximum Gasteiger partial charge on any atom is 0.311 e. The molecule has 0 amide bonds. The highest BCUT2D eigenvalue weighted by Crippen LogP contribution is 2.44. The van der Waals surface area contributed by atoms with Gasteiger partial charge in [0.25, 0.3) is 0 Å². The maximum atomic E-state index is 12.6. The van der Waals surface area contributed by atoms with E-state index in [1.54, 1.807) is 12.1 Å². The third-order valence-corrected chi connectivity index (χ3v) is 6.85. The summed E-state index contributed by atoms with van der Waals surface area (Å²) in [6.07, 6.45) is 20.1. The number of aromatic hydroxyl groups is 1. The Morgan fingerprint density at radius 1 is 0.657 bits per heavy atom. The number of benzene rings is 1. The van der Waals surface area contributed by atoms with Gasteiger partial charge in [-0.15, -0.1) is 0 Å². The number of phenols is 1. The Morgan fingerprint density at radius 2 is 1.06 bits per heavy atom. The second kappa shape index (κ2) is 16.3. The first kappa shape index (κ1) is 31.5. The van der Waals surface area contributed by atoms with E-state index in [0.29, 0.717) is 12.2 Å². The van der Waals surface area contributed by atoms with Crippen LogP contribution in [-0.4, -0.2) is 11.1 Å². The largest absolute Gasteiger partial charge is 0.508 e. The average molecular weight is 489 g/mol. The van der Waals surface area contributed by atoms with Crippen LogP contribution >= 0.6 is 0 Å². The predicted molar refractivity (Wildman–Crippen MR) is 151 cm³/mol. The molecule has 3 heteroatoms. The third-order valence-electron chi connectivity index (χ3n) is 6.85. The molecule has 0 atom stereocenters. The molecule has 0 aliphatic carbocycles. The van der Waals surface area contributed by atoms with Gasteiger partial charge in [-0.2, -0.15) is 0 Å². The maximum absolute atomic E-state index is 12.6. The molecule has 0 aliphatic rings. The van der Waals surface area contributed by atoms with Crippen molar-refractivity contribution in [1.29, 1.82) is 0 Å². The number of rotatable bonds is 17. The molecule has 202 valence electrons. The van der Waals surface area contributed by atoms with Crippen molar-refractivity contribution in [3.05, 3.63) is 23.3 Å². The van der Waals surface area contributed by atoms with Crippen LogP contribution in [0.1, 0.15) is 162 Å². The van der Waals surface area contributed by atoms with Crippen LogP contribution in [-0.2, 0) is 15.6 Å². The van der Waals surface area contributed by atoms with Crippen molar-refractivity contribution in [3.63, 3.8) is 0 Å². The summed E-state index contributed by atoms with van der Waals surface area (Å²) >= 11 is 0. The monoisotopic (exact) mass is 488 g/mol. The molecule has 0 heterocycles. The minimum atomic E-state index is -0.247. The molecule has 0 radical (unpaired) electrons. The van der Waals surface area contributed by atoms with E-state index < -0.39 is 0 Å². The Kier molecular flexibility index (Phi) is 14.7. The van der Waals surface area contributed by atoms with Crippen molar-refractivity contribution in [2.45, 2.75) is 162 Å². The van der Waals surface area contributed by atoms with Gasteiger partial charge in [-0.05, 0) is 29.4 Å². The van der Waals surface area contributed by atoms with Gasteiger partial charge in [0.05, 0.1) is 0 Å². The van der Waals surface area contributed by atoms with Crippen LogP contribution in [0, 0.1) is 0 Å². The number of unbranched alkanes of at least 4 members (excludes halogenated alkanes) is 14. The van der Waals surface area contributed by atoms with E-state index in [-0.39, 0.29) is 22.5 Å². The van der Waals surface area contributed by atoms with Crippen LogP contribution in [0.2, 0.25) is 0 Å². The summed E-state index contributed by atoms with van der Waals surface area (Å²) < 4.78 is 5.83. The smallest absolute Gasteiger partial charge is 0.311 e. The zero-order valence-electron chi connectivity index (χ0n) is 24.2. The Balaban J connectivity index is 2.27. The second-order valence-electron chi connectivity index (χ2n) is 12.5. The van der Waals surface area contributed by atoms with E-state index in [9.17, 15) is 9.90 Å². The summed E-state index contributed by atoms with van der Waals surface area (Å²) in [4.78, 5) is 12.6. The molecule has 0 saturated heterocycles. The molecule has 3 nitrogen and oxygen atoms in total. The minimum absolute atomic E-state index is 0.171. The molecule has 1 aromatic rings. The van der Waals surface area contributed by atoms with E-state index in [0.717, 1.165) is 24.0 Å². The lowest BCUT2D eigenvalue weighted by Crippen LogP contribution is -2.24. The number of carbonyl (C=O) groups is 1. The summed E-state index contributed by atoms with van der Waals surface area (Å²) in [5.74, 6) is 0.687. The SMILES string of the molecule is CCCCCCCCCCCCCCCCCC(=O)Oc1ccc(O)c(C(C)(C)C)c1C(C)(C)C. The van der Waals surface area contributed by atoms with Crippen molar-refractivity contribution >= 4 is 5.97 Å². The van der Waals surface area contributed by atoms with Crippen LogP contribution in [0.3, 0.4) is 0 Å². The van der Waals surface area contributed by atoms with E-state index >= 15 is 0 Å². The molecule has 0 unspecified atom stereocenters. The summed E-state index contributed by atoms with van der Waals surface area (Å²) in [5, 5.41) is 10.6. The molecule has 0 spiro atoms. The molecule has 0 fully saturated rings. The van der Waals surface area contributed by atoms with Crippen molar-refractivity contribution in [1.82, 2.24) is 0 Å². The number of hydrogen-bond donors (Lipinski definition) is 1. The molecule has 1 aromatic carbocycles. The fraction of sp³-hybridized carbons (Fsp3) is 0.781. The Hall–Kier alpha value is -1.51. The fourth-order valence-corrected chi connectivity index (χ4v) is 4.98. The van der Waals surface area contributed by atoms with Crippen molar-refractivity contribution < 1.29 is 14.6 Å². The van der Waals surface area contributed by atoms with Gasteiger partial charge in [0.2, 0.25) is 0 Å². The van der Waals surface area contributed by atoms with Gasteiger partial charge >= 0.3 is 5.97 Å². The lowest BCUT2D eigenvalue weighted by atomic mass is 9.74. The highest BCUT2D eigenvalue weighted by Gasteiger charge is 2.32. The van der Waals surface area contributed by atoms with Gasteiger partial charge in [0, 0.05) is 17.5 Å². The highest BCUT2D eigenvalue weighted by molar-refractivity contribution is 5.73. The van der Waals surface area contributed by atoms with Gasteiger partial charge in [-0.3, -0.25) is 4.79 Å². The molecule has 0 aliphatic heterocycles. The van der Waals surface area contributed by atoms with Crippen molar-refractivity contribution in [2.75, 3.05) is 0 Å². The van der Waals surface area contributed by atoms with Gasteiger partial charge < -0.3 is 9.84 Å². The van der Waals surface area contributed by atoms with Crippen molar-refractivity contribution in [3.8, 4) is 11.5 Å². The fourth-order valence-electron chi connectivity index (χ4n) is 4.98. The topological polar surface area (TPSA) is 46.5 Å². The number of ether oxygens (including phenoxy) is 1. The Bertz CT molecular complexity index is 722. The van der Waals surface area contributed by atoms with Gasteiger partial charge in [0.1, 0.15) is 11.5 Å². The van der Waals surface area contributed by atoms with E-state index in [1.165, 1.54) is 83.5 Å².